The van der Waals surface area contributed by atoms with Crippen molar-refractivity contribution in [3.05, 3.63) is 64.6 Å². The van der Waals surface area contributed by atoms with E-state index in [-0.39, 0.29) is 54.4 Å². The molecule has 42 heavy (non-hydrogen) atoms. The predicted molar refractivity (Wildman–Crippen MR) is 154 cm³/mol. The molecule has 1 aromatic heterocycles. The largest absolute Gasteiger partial charge is 0.444 e. The van der Waals surface area contributed by atoms with Crippen LogP contribution in [0.15, 0.2) is 42.5 Å². The summed E-state index contributed by atoms with van der Waals surface area (Å²) in [5.41, 5.74) is 5.67. The molecule has 0 saturated heterocycles. The normalized spacial score (nSPS) is 16.4. The Kier molecular flexibility index (Phi) is 9.35. The number of rotatable bonds is 10. The SMILES string of the molecule is CC(C)(C)OC(=O)NC1CC(CN(CC(=O)NCc2cccc(Cl)c2F)C(=O)Cn2nc(C(N)=O)c3ccccc32)C1. The quantitative estimate of drug-likeness (QED) is 0.325. The third-order valence-corrected chi connectivity index (χ3v) is 7.10. The van der Waals surface area contributed by atoms with Crippen LogP contribution in [0.4, 0.5) is 9.18 Å². The number of hydrogen-bond donors (Lipinski definition) is 3. The molecule has 1 aliphatic rings. The van der Waals surface area contributed by atoms with E-state index in [2.05, 4.69) is 15.7 Å². The number of carbonyl (C=O) groups is 4. The molecule has 0 atom stereocenters. The van der Waals surface area contributed by atoms with Gasteiger partial charge in [-0.25, -0.2) is 9.18 Å². The highest BCUT2D eigenvalue weighted by Crippen LogP contribution is 2.29. The predicted octanol–water partition coefficient (Wildman–Crippen LogP) is 3.38. The maximum absolute atomic E-state index is 14.3. The zero-order chi connectivity index (χ0) is 30.6. The maximum atomic E-state index is 14.3. The van der Waals surface area contributed by atoms with E-state index in [9.17, 15) is 23.6 Å². The molecular formula is C29H34ClFN6O5. The smallest absolute Gasteiger partial charge is 0.407 e. The van der Waals surface area contributed by atoms with E-state index in [4.69, 9.17) is 22.1 Å². The van der Waals surface area contributed by atoms with E-state index >= 15 is 0 Å². The minimum Gasteiger partial charge on any atom is -0.444 e. The standard InChI is InChI=1S/C29H34ClFN6O5/c1-29(2,3)42-28(41)34-19-11-17(12-19)14-36(15-23(38)33-13-18-7-6-9-21(30)25(18)31)24(39)16-37-22-10-5-4-8-20(22)26(35-37)27(32)40/h4-10,17,19H,11-16H2,1-3H3,(H2,32,40)(H,33,38)(H,34,41). The molecule has 1 fully saturated rings. The number of fused-ring (bicyclic) bond motifs is 1. The van der Waals surface area contributed by atoms with Crippen molar-refractivity contribution in [2.75, 3.05) is 13.1 Å². The second-order valence-corrected chi connectivity index (χ2v) is 11.7. The molecule has 11 nitrogen and oxygen atoms in total. The van der Waals surface area contributed by atoms with Crippen molar-refractivity contribution in [1.29, 1.82) is 0 Å². The van der Waals surface area contributed by atoms with Crippen LogP contribution in [0, 0.1) is 11.7 Å². The van der Waals surface area contributed by atoms with Gasteiger partial charge in [-0.2, -0.15) is 5.10 Å². The van der Waals surface area contributed by atoms with Crippen LogP contribution in [0.5, 0.6) is 0 Å². The lowest BCUT2D eigenvalue weighted by atomic mass is 9.80. The van der Waals surface area contributed by atoms with Crippen LogP contribution in [-0.4, -0.2) is 63.2 Å². The Morgan fingerprint density at radius 1 is 1.14 bits per heavy atom. The summed E-state index contributed by atoms with van der Waals surface area (Å²) in [6.45, 7) is 4.94. The summed E-state index contributed by atoms with van der Waals surface area (Å²) in [5.74, 6) is -2.23. The Morgan fingerprint density at radius 3 is 2.55 bits per heavy atom. The summed E-state index contributed by atoms with van der Waals surface area (Å²) in [7, 11) is 0. The van der Waals surface area contributed by atoms with Gasteiger partial charge in [0.1, 0.15) is 18.0 Å². The number of aromatic nitrogens is 2. The average Bonchev–Trinajstić information content (AvgIpc) is 3.25. The van der Waals surface area contributed by atoms with Crippen molar-refractivity contribution in [2.24, 2.45) is 11.7 Å². The number of alkyl carbamates (subject to hydrolysis) is 1. The molecule has 1 saturated carbocycles. The van der Waals surface area contributed by atoms with Gasteiger partial charge in [0.15, 0.2) is 5.69 Å². The molecule has 0 bridgehead atoms. The number of nitrogens with one attached hydrogen (secondary N) is 2. The maximum Gasteiger partial charge on any atom is 0.407 e. The van der Waals surface area contributed by atoms with Crippen LogP contribution < -0.4 is 16.4 Å². The lowest BCUT2D eigenvalue weighted by Gasteiger charge is -2.39. The molecular weight excluding hydrogens is 567 g/mol. The lowest BCUT2D eigenvalue weighted by Crippen LogP contribution is -2.51. The first-order chi connectivity index (χ1) is 19.8. The van der Waals surface area contributed by atoms with Crippen molar-refractivity contribution in [3.63, 3.8) is 0 Å². The lowest BCUT2D eigenvalue weighted by molar-refractivity contribution is -0.137. The van der Waals surface area contributed by atoms with Gasteiger partial charge in [-0.15, -0.1) is 0 Å². The molecule has 2 aromatic carbocycles. The fraction of sp³-hybridized carbons (Fsp3) is 0.414. The molecule has 4 amide bonds. The van der Waals surface area contributed by atoms with Gasteiger partial charge in [-0.05, 0) is 51.7 Å². The Balaban J connectivity index is 1.44. The highest BCUT2D eigenvalue weighted by molar-refractivity contribution is 6.30. The summed E-state index contributed by atoms with van der Waals surface area (Å²) in [6.07, 6.45) is 0.673. The van der Waals surface area contributed by atoms with Crippen LogP contribution in [0.1, 0.15) is 49.7 Å². The first-order valence-corrected chi connectivity index (χ1v) is 13.9. The highest BCUT2D eigenvalue weighted by Gasteiger charge is 2.34. The van der Waals surface area contributed by atoms with Crippen molar-refractivity contribution in [1.82, 2.24) is 25.3 Å². The number of ether oxygens (including phenoxy) is 1. The number of primary amides is 1. The molecule has 0 radical (unpaired) electrons. The number of para-hydroxylation sites is 1. The van der Waals surface area contributed by atoms with Gasteiger partial charge < -0.3 is 26.0 Å². The summed E-state index contributed by atoms with van der Waals surface area (Å²) < 4.78 is 21.0. The molecule has 13 heteroatoms. The van der Waals surface area contributed by atoms with E-state index in [0.29, 0.717) is 23.7 Å². The van der Waals surface area contributed by atoms with Crippen molar-refractivity contribution in [2.45, 2.75) is 58.3 Å². The Bertz CT molecular complexity index is 1500. The molecule has 1 heterocycles. The van der Waals surface area contributed by atoms with Crippen LogP contribution in [0.2, 0.25) is 5.02 Å². The van der Waals surface area contributed by atoms with Crippen molar-refractivity contribution in [3.8, 4) is 0 Å². The van der Waals surface area contributed by atoms with E-state index in [0.717, 1.165) is 0 Å². The number of hydrogen-bond acceptors (Lipinski definition) is 6. The molecule has 0 spiro atoms. The zero-order valence-corrected chi connectivity index (χ0v) is 24.4. The van der Waals surface area contributed by atoms with Crippen LogP contribution in [-0.2, 0) is 27.4 Å². The number of nitrogens with zero attached hydrogens (tertiary/aromatic N) is 3. The Hall–Kier alpha value is -4.19. The third kappa shape index (κ3) is 7.75. The monoisotopic (exact) mass is 600 g/mol. The van der Waals surface area contributed by atoms with Gasteiger partial charge in [0.05, 0.1) is 17.1 Å². The summed E-state index contributed by atoms with van der Waals surface area (Å²) >= 11 is 5.84. The van der Waals surface area contributed by atoms with Crippen LogP contribution in [0.3, 0.4) is 0 Å². The molecule has 3 aromatic rings. The summed E-state index contributed by atoms with van der Waals surface area (Å²) in [4.78, 5) is 51.9. The fourth-order valence-corrected chi connectivity index (χ4v) is 5.00. The molecule has 0 aliphatic heterocycles. The molecule has 0 unspecified atom stereocenters. The average molecular weight is 601 g/mol. The second kappa shape index (κ2) is 12.8. The topological polar surface area (TPSA) is 149 Å². The first-order valence-electron chi connectivity index (χ1n) is 13.5. The molecule has 224 valence electrons. The van der Waals surface area contributed by atoms with Gasteiger partial charge >= 0.3 is 6.09 Å². The van der Waals surface area contributed by atoms with Gasteiger partial charge in [0, 0.05) is 30.1 Å². The minimum atomic E-state index is -0.722. The fourth-order valence-electron chi connectivity index (χ4n) is 4.81. The van der Waals surface area contributed by atoms with Crippen molar-refractivity contribution < 1.29 is 28.3 Å². The van der Waals surface area contributed by atoms with Gasteiger partial charge in [-0.3, -0.25) is 19.1 Å². The number of amides is 4. The molecule has 4 rings (SSSR count). The zero-order valence-electron chi connectivity index (χ0n) is 23.7. The molecule has 1 aliphatic carbocycles. The Labute approximate surface area is 247 Å². The van der Waals surface area contributed by atoms with Crippen LogP contribution in [0.25, 0.3) is 10.9 Å². The number of halogens is 2. The Morgan fingerprint density at radius 2 is 1.86 bits per heavy atom. The summed E-state index contributed by atoms with van der Waals surface area (Å²) in [5, 5.41) is 10.2. The van der Waals surface area contributed by atoms with Crippen molar-refractivity contribution >= 4 is 46.3 Å². The minimum absolute atomic E-state index is 0.0163. The van der Waals surface area contributed by atoms with Gasteiger partial charge in [-0.1, -0.05) is 41.9 Å². The van der Waals surface area contributed by atoms with E-state index in [1.807, 2.05) is 0 Å². The number of nitrogens with two attached hydrogens (primary N) is 1. The van der Waals surface area contributed by atoms with Crippen LogP contribution >= 0.6 is 11.6 Å². The second-order valence-electron chi connectivity index (χ2n) is 11.3. The van der Waals surface area contributed by atoms with E-state index in [1.165, 1.54) is 21.7 Å². The van der Waals surface area contributed by atoms with E-state index < -0.39 is 35.2 Å². The number of carbonyl (C=O) groups excluding carboxylic acids is 4. The number of benzene rings is 2. The molecule has 4 N–H and O–H groups in total. The van der Waals surface area contributed by atoms with E-state index in [1.54, 1.807) is 51.1 Å². The van der Waals surface area contributed by atoms with Gasteiger partial charge in [0.2, 0.25) is 11.8 Å². The third-order valence-electron chi connectivity index (χ3n) is 6.81. The highest BCUT2D eigenvalue weighted by atomic mass is 35.5. The first kappa shape index (κ1) is 30.8. The van der Waals surface area contributed by atoms with Gasteiger partial charge in [0.25, 0.3) is 5.91 Å². The summed E-state index contributed by atoms with van der Waals surface area (Å²) in [6, 6.07) is 11.3.